The molecule has 1 amide bonds. The molecule has 0 bridgehead atoms. The van der Waals surface area contributed by atoms with E-state index in [-0.39, 0.29) is 10.8 Å². The second kappa shape index (κ2) is 8.77. The average molecular weight is 376 g/mol. The van der Waals surface area contributed by atoms with Gasteiger partial charge in [-0.2, -0.15) is 0 Å². The number of rotatable bonds is 8. The Morgan fingerprint density at radius 1 is 1.19 bits per heavy atom. The summed E-state index contributed by atoms with van der Waals surface area (Å²) in [6.07, 6.45) is 2.18. The monoisotopic (exact) mass is 376 g/mol. The summed E-state index contributed by atoms with van der Waals surface area (Å²) in [5.74, 6) is 0.973. The highest BCUT2D eigenvalue weighted by atomic mass is 32.2. The van der Waals surface area contributed by atoms with Gasteiger partial charge in [0.05, 0.1) is 4.90 Å². The molecule has 0 fully saturated rings. The standard InChI is InChI=1S/C18H24N4O3S/c1-13(2)12-22-17-11-15(8-10-20-17)18(23)21-9-7-14-3-5-16(6-4-14)26(19,24)25/h3-6,8,10-11,13H,7,9,12H2,1-2H3,(H,20,22)(H,21,23)(H2,19,24,25). The molecule has 0 aliphatic rings. The SMILES string of the molecule is CC(C)CNc1cc(C(=O)NCCc2ccc(S(N)(=O)=O)cc2)ccn1. The van der Waals surface area contributed by atoms with Crippen molar-refractivity contribution in [3.05, 3.63) is 53.7 Å². The molecule has 1 aromatic carbocycles. The van der Waals surface area contributed by atoms with Crippen molar-refractivity contribution >= 4 is 21.7 Å². The van der Waals surface area contributed by atoms with E-state index in [1.165, 1.54) is 12.1 Å². The first-order valence-corrected chi connectivity index (χ1v) is 9.90. The number of carbonyl (C=O) groups is 1. The van der Waals surface area contributed by atoms with Crippen molar-refractivity contribution in [1.82, 2.24) is 10.3 Å². The smallest absolute Gasteiger partial charge is 0.251 e. The molecule has 0 radical (unpaired) electrons. The number of hydrogen-bond acceptors (Lipinski definition) is 5. The third kappa shape index (κ3) is 6.12. The molecule has 1 aromatic heterocycles. The van der Waals surface area contributed by atoms with Crippen LogP contribution in [0.25, 0.3) is 0 Å². The van der Waals surface area contributed by atoms with Crippen molar-refractivity contribution in [2.24, 2.45) is 11.1 Å². The van der Waals surface area contributed by atoms with E-state index in [0.717, 1.165) is 12.1 Å². The number of benzene rings is 1. The molecule has 0 aliphatic carbocycles. The first-order valence-electron chi connectivity index (χ1n) is 8.35. The zero-order chi connectivity index (χ0) is 19.2. The lowest BCUT2D eigenvalue weighted by molar-refractivity contribution is 0.0954. The predicted molar refractivity (Wildman–Crippen MR) is 101 cm³/mol. The normalized spacial score (nSPS) is 11.4. The van der Waals surface area contributed by atoms with Gasteiger partial charge in [0.1, 0.15) is 5.82 Å². The number of aromatic nitrogens is 1. The number of amides is 1. The van der Waals surface area contributed by atoms with Crippen LogP contribution in [0.3, 0.4) is 0 Å². The van der Waals surface area contributed by atoms with Gasteiger partial charge in [0.25, 0.3) is 5.91 Å². The first-order chi connectivity index (χ1) is 12.3. The Balaban J connectivity index is 1.88. The molecule has 0 aliphatic heterocycles. The summed E-state index contributed by atoms with van der Waals surface area (Å²) < 4.78 is 22.5. The molecule has 0 unspecified atom stereocenters. The van der Waals surface area contributed by atoms with Crippen LogP contribution in [-0.4, -0.2) is 32.4 Å². The Bertz CT molecular complexity index is 849. The van der Waals surface area contributed by atoms with Gasteiger partial charge in [-0.15, -0.1) is 0 Å². The maximum atomic E-state index is 12.2. The third-order valence-electron chi connectivity index (χ3n) is 3.66. The average Bonchev–Trinajstić information content (AvgIpc) is 2.60. The van der Waals surface area contributed by atoms with Crippen LogP contribution in [0.5, 0.6) is 0 Å². The van der Waals surface area contributed by atoms with Gasteiger partial charge in [-0.05, 0) is 42.2 Å². The molecular formula is C18H24N4O3S. The largest absolute Gasteiger partial charge is 0.370 e. The van der Waals surface area contributed by atoms with Crippen molar-refractivity contribution in [2.45, 2.75) is 25.2 Å². The number of nitrogens with one attached hydrogen (secondary N) is 2. The molecule has 8 heteroatoms. The Labute approximate surface area is 154 Å². The molecule has 2 aromatic rings. The van der Waals surface area contributed by atoms with Gasteiger partial charge in [-0.1, -0.05) is 26.0 Å². The van der Waals surface area contributed by atoms with Crippen molar-refractivity contribution < 1.29 is 13.2 Å². The Morgan fingerprint density at radius 2 is 1.88 bits per heavy atom. The number of pyridine rings is 1. The molecule has 7 nitrogen and oxygen atoms in total. The van der Waals surface area contributed by atoms with Gasteiger partial charge in [-0.3, -0.25) is 4.79 Å². The summed E-state index contributed by atoms with van der Waals surface area (Å²) in [5, 5.41) is 11.1. The maximum Gasteiger partial charge on any atom is 0.251 e. The lowest BCUT2D eigenvalue weighted by Gasteiger charge is -2.10. The summed E-state index contributed by atoms with van der Waals surface area (Å²) >= 11 is 0. The number of primary sulfonamides is 1. The van der Waals surface area contributed by atoms with E-state index in [0.29, 0.717) is 30.3 Å². The van der Waals surface area contributed by atoms with E-state index in [2.05, 4.69) is 29.5 Å². The van der Waals surface area contributed by atoms with Crippen molar-refractivity contribution in [1.29, 1.82) is 0 Å². The predicted octanol–water partition coefficient (Wildman–Crippen LogP) is 1.77. The zero-order valence-corrected chi connectivity index (χ0v) is 15.7. The number of anilines is 1. The Hall–Kier alpha value is -2.45. The first kappa shape index (κ1) is 19.9. The van der Waals surface area contributed by atoms with Gasteiger partial charge in [-0.25, -0.2) is 18.5 Å². The van der Waals surface area contributed by atoms with Crippen LogP contribution < -0.4 is 15.8 Å². The zero-order valence-electron chi connectivity index (χ0n) is 14.9. The molecule has 0 spiro atoms. The highest BCUT2D eigenvalue weighted by Crippen LogP contribution is 2.10. The molecule has 0 saturated heterocycles. The van der Waals surface area contributed by atoms with Crippen LogP contribution in [0.1, 0.15) is 29.8 Å². The van der Waals surface area contributed by atoms with E-state index in [4.69, 9.17) is 5.14 Å². The molecule has 4 N–H and O–H groups in total. The van der Waals surface area contributed by atoms with Crippen LogP contribution in [0, 0.1) is 5.92 Å². The number of sulfonamides is 1. The van der Waals surface area contributed by atoms with Crippen molar-refractivity contribution in [3.8, 4) is 0 Å². The fraction of sp³-hybridized carbons (Fsp3) is 0.333. The summed E-state index contributed by atoms with van der Waals surface area (Å²) in [7, 11) is -3.69. The summed E-state index contributed by atoms with van der Waals surface area (Å²) in [6.45, 7) is 5.41. The van der Waals surface area contributed by atoms with E-state index < -0.39 is 10.0 Å². The Morgan fingerprint density at radius 3 is 2.50 bits per heavy atom. The van der Waals surface area contributed by atoms with E-state index in [9.17, 15) is 13.2 Å². The van der Waals surface area contributed by atoms with Crippen LogP contribution in [-0.2, 0) is 16.4 Å². The summed E-state index contributed by atoms with van der Waals surface area (Å²) in [4.78, 5) is 16.5. The molecule has 1 heterocycles. The van der Waals surface area contributed by atoms with Crippen LogP contribution >= 0.6 is 0 Å². The molecular weight excluding hydrogens is 352 g/mol. The highest BCUT2D eigenvalue weighted by molar-refractivity contribution is 7.89. The second-order valence-corrected chi connectivity index (χ2v) is 7.96. The minimum atomic E-state index is -3.69. The van der Waals surface area contributed by atoms with E-state index in [1.807, 2.05) is 0 Å². The number of nitrogens with zero attached hydrogens (tertiary/aromatic N) is 1. The van der Waals surface area contributed by atoms with Crippen LogP contribution in [0.4, 0.5) is 5.82 Å². The van der Waals surface area contributed by atoms with Crippen LogP contribution in [0.15, 0.2) is 47.5 Å². The minimum absolute atomic E-state index is 0.0727. The van der Waals surface area contributed by atoms with Gasteiger partial charge in [0.2, 0.25) is 10.0 Å². The van der Waals surface area contributed by atoms with Gasteiger partial charge >= 0.3 is 0 Å². The molecule has 2 rings (SSSR count). The molecule has 0 saturated carbocycles. The van der Waals surface area contributed by atoms with Gasteiger partial charge < -0.3 is 10.6 Å². The highest BCUT2D eigenvalue weighted by Gasteiger charge is 2.08. The van der Waals surface area contributed by atoms with Gasteiger partial charge in [0, 0.05) is 24.8 Å². The third-order valence-corrected chi connectivity index (χ3v) is 4.59. The van der Waals surface area contributed by atoms with Crippen LogP contribution in [0.2, 0.25) is 0 Å². The minimum Gasteiger partial charge on any atom is -0.370 e. The topological polar surface area (TPSA) is 114 Å². The molecule has 0 atom stereocenters. The van der Waals surface area contributed by atoms with Crippen molar-refractivity contribution in [3.63, 3.8) is 0 Å². The fourth-order valence-corrected chi connectivity index (χ4v) is 2.76. The molecule has 26 heavy (non-hydrogen) atoms. The lowest BCUT2D eigenvalue weighted by atomic mass is 10.1. The quantitative estimate of drug-likeness (QED) is 0.650. The number of hydrogen-bond donors (Lipinski definition) is 3. The van der Waals surface area contributed by atoms with Gasteiger partial charge in [0.15, 0.2) is 0 Å². The second-order valence-electron chi connectivity index (χ2n) is 6.40. The summed E-state index contributed by atoms with van der Waals surface area (Å²) in [5.41, 5.74) is 1.45. The lowest BCUT2D eigenvalue weighted by Crippen LogP contribution is -2.26. The maximum absolute atomic E-state index is 12.2. The van der Waals surface area contributed by atoms with E-state index >= 15 is 0 Å². The number of carbonyl (C=O) groups excluding carboxylic acids is 1. The Kier molecular flexibility index (Phi) is 6.70. The van der Waals surface area contributed by atoms with Crippen molar-refractivity contribution in [2.75, 3.05) is 18.4 Å². The number of nitrogens with two attached hydrogens (primary N) is 1. The van der Waals surface area contributed by atoms with E-state index in [1.54, 1.807) is 30.5 Å². The summed E-state index contributed by atoms with van der Waals surface area (Å²) in [6, 6.07) is 9.68. The fourth-order valence-electron chi connectivity index (χ4n) is 2.25. The molecule has 140 valence electrons.